The Morgan fingerprint density at radius 3 is 2.44 bits per heavy atom. The van der Waals surface area contributed by atoms with Crippen molar-refractivity contribution in [3.63, 3.8) is 0 Å². The minimum absolute atomic E-state index is 0. The van der Waals surface area contributed by atoms with E-state index in [1.807, 2.05) is 12.1 Å². The number of aliphatic imine (C=N–C) groups is 1. The minimum Gasteiger partial charge on any atom is -0.492 e. The second-order valence-electron chi connectivity index (χ2n) is 7.25. The van der Waals surface area contributed by atoms with Crippen molar-refractivity contribution in [2.45, 2.75) is 13.8 Å². The summed E-state index contributed by atoms with van der Waals surface area (Å²) in [6.07, 6.45) is 0. The molecule has 1 aromatic carbocycles. The van der Waals surface area contributed by atoms with Crippen LogP contribution in [0.25, 0.3) is 0 Å². The third-order valence-electron chi connectivity index (χ3n) is 4.69. The molecular weight excluding hydrogens is 453 g/mol. The standard InChI is InChI=1S/C20H35N5O.HI/c1-17-5-7-19(8-6-17)26-14-9-22-20(21-3)23-15-18(2)16-25-12-10-24(4)11-13-25;/h5-8,18H,9-16H2,1-4H3,(H2,21,22,23);1H. The van der Waals surface area contributed by atoms with Crippen molar-refractivity contribution in [3.8, 4) is 5.75 Å². The predicted molar refractivity (Wildman–Crippen MR) is 125 cm³/mol. The molecular formula is C20H36IN5O. The quantitative estimate of drug-likeness (QED) is 0.254. The third kappa shape index (κ3) is 9.62. The highest BCUT2D eigenvalue weighted by Gasteiger charge is 2.16. The molecule has 1 unspecified atom stereocenters. The second-order valence-corrected chi connectivity index (χ2v) is 7.25. The Balaban J connectivity index is 0.00000364. The third-order valence-corrected chi connectivity index (χ3v) is 4.69. The van der Waals surface area contributed by atoms with Gasteiger partial charge in [-0.1, -0.05) is 24.6 Å². The maximum absolute atomic E-state index is 5.73. The number of rotatable bonds is 8. The Morgan fingerprint density at radius 1 is 1.15 bits per heavy atom. The van der Waals surface area contributed by atoms with E-state index in [1.54, 1.807) is 7.05 Å². The van der Waals surface area contributed by atoms with Gasteiger partial charge in [-0.05, 0) is 32.0 Å². The molecule has 6 nitrogen and oxygen atoms in total. The molecule has 0 bridgehead atoms. The first-order valence-electron chi connectivity index (χ1n) is 9.61. The molecule has 0 amide bonds. The van der Waals surface area contributed by atoms with E-state index in [-0.39, 0.29) is 24.0 Å². The average molecular weight is 489 g/mol. The lowest BCUT2D eigenvalue weighted by Crippen LogP contribution is -2.47. The van der Waals surface area contributed by atoms with Crippen molar-refractivity contribution in [3.05, 3.63) is 29.8 Å². The SMILES string of the molecule is CN=C(NCCOc1ccc(C)cc1)NCC(C)CN1CCN(C)CC1.I. The number of likely N-dealkylation sites (N-methyl/N-ethyl adjacent to an activating group) is 1. The normalized spacial score (nSPS) is 17.1. The molecule has 2 N–H and O–H groups in total. The van der Waals surface area contributed by atoms with E-state index in [1.165, 1.54) is 31.7 Å². The summed E-state index contributed by atoms with van der Waals surface area (Å²) in [5, 5.41) is 6.73. The summed E-state index contributed by atoms with van der Waals surface area (Å²) in [6.45, 7) is 12.4. The molecule has 0 radical (unpaired) electrons. The molecule has 1 fully saturated rings. The first kappa shape index (κ1) is 24.0. The highest BCUT2D eigenvalue weighted by molar-refractivity contribution is 14.0. The fourth-order valence-corrected chi connectivity index (χ4v) is 3.00. The summed E-state index contributed by atoms with van der Waals surface area (Å²) in [5.41, 5.74) is 1.24. The van der Waals surface area contributed by atoms with Crippen LogP contribution in [0.5, 0.6) is 5.75 Å². The van der Waals surface area contributed by atoms with Gasteiger partial charge in [0.1, 0.15) is 12.4 Å². The summed E-state index contributed by atoms with van der Waals surface area (Å²) >= 11 is 0. The van der Waals surface area contributed by atoms with E-state index in [2.05, 4.69) is 58.5 Å². The molecule has 1 aromatic rings. The molecule has 7 heteroatoms. The Hall–Kier alpha value is -1.06. The number of halogens is 1. The Labute approximate surface area is 181 Å². The van der Waals surface area contributed by atoms with E-state index >= 15 is 0 Å². The van der Waals surface area contributed by atoms with E-state index < -0.39 is 0 Å². The Bertz CT molecular complexity index is 544. The van der Waals surface area contributed by atoms with Crippen molar-refractivity contribution in [1.29, 1.82) is 0 Å². The molecule has 1 aliphatic heterocycles. The van der Waals surface area contributed by atoms with Crippen molar-refractivity contribution in [1.82, 2.24) is 20.4 Å². The smallest absolute Gasteiger partial charge is 0.191 e. The van der Waals surface area contributed by atoms with Crippen LogP contribution in [0, 0.1) is 12.8 Å². The fraction of sp³-hybridized carbons (Fsp3) is 0.650. The van der Waals surface area contributed by atoms with Crippen LogP contribution in [0.1, 0.15) is 12.5 Å². The maximum atomic E-state index is 5.73. The highest BCUT2D eigenvalue weighted by Crippen LogP contribution is 2.10. The van der Waals surface area contributed by atoms with E-state index in [9.17, 15) is 0 Å². The van der Waals surface area contributed by atoms with Gasteiger partial charge in [0, 0.05) is 46.3 Å². The number of aryl methyl sites for hydroxylation is 1. The van der Waals surface area contributed by atoms with Gasteiger partial charge in [0.15, 0.2) is 5.96 Å². The molecule has 0 aliphatic carbocycles. The predicted octanol–water partition coefficient (Wildman–Crippen LogP) is 2.04. The molecule has 1 saturated heterocycles. The number of benzene rings is 1. The molecule has 1 heterocycles. The number of hydrogen-bond acceptors (Lipinski definition) is 4. The van der Waals surface area contributed by atoms with Crippen molar-refractivity contribution in [2.75, 3.05) is 66.5 Å². The number of nitrogens with one attached hydrogen (secondary N) is 2. The molecule has 0 spiro atoms. The maximum Gasteiger partial charge on any atom is 0.191 e. The van der Waals surface area contributed by atoms with Crippen LogP contribution in [0.15, 0.2) is 29.3 Å². The Morgan fingerprint density at radius 2 is 1.81 bits per heavy atom. The van der Waals surface area contributed by atoms with Gasteiger partial charge in [0.25, 0.3) is 0 Å². The van der Waals surface area contributed by atoms with Crippen LogP contribution in [0.2, 0.25) is 0 Å². The van der Waals surface area contributed by atoms with Gasteiger partial charge < -0.3 is 25.2 Å². The number of hydrogen-bond donors (Lipinski definition) is 2. The zero-order chi connectivity index (χ0) is 18.8. The summed E-state index contributed by atoms with van der Waals surface area (Å²) in [6, 6.07) is 8.13. The lowest BCUT2D eigenvalue weighted by atomic mass is 10.1. The fourth-order valence-electron chi connectivity index (χ4n) is 3.00. The van der Waals surface area contributed by atoms with Gasteiger partial charge in [0.2, 0.25) is 0 Å². The van der Waals surface area contributed by atoms with Gasteiger partial charge in [-0.2, -0.15) is 0 Å². The molecule has 0 saturated carbocycles. The van der Waals surface area contributed by atoms with Crippen molar-refractivity contribution in [2.24, 2.45) is 10.9 Å². The van der Waals surface area contributed by atoms with Crippen LogP contribution in [-0.2, 0) is 0 Å². The zero-order valence-corrected chi connectivity index (χ0v) is 19.5. The number of ether oxygens (including phenoxy) is 1. The second kappa shape index (κ2) is 13.2. The largest absolute Gasteiger partial charge is 0.492 e. The highest BCUT2D eigenvalue weighted by atomic mass is 127. The van der Waals surface area contributed by atoms with Crippen LogP contribution in [0.4, 0.5) is 0 Å². The van der Waals surface area contributed by atoms with E-state index in [0.717, 1.165) is 31.3 Å². The number of piperazine rings is 1. The van der Waals surface area contributed by atoms with Gasteiger partial charge in [-0.15, -0.1) is 24.0 Å². The van der Waals surface area contributed by atoms with Crippen molar-refractivity contribution < 1.29 is 4.74 Å². The number of guanidine groups is 1. The summed E-state index contributed by atoms with van der Waals surface area (Å²) in [4.78, 5) is 9.24. The molecule has 1 aliphatic rings. The molecule has 154 valence electrons. The minimum atomic E-state index is 0. The zero-order valence-electron chi connectivity index (χ0n) is 17.2. The Kier molecular flexibility index (Phi) is 11.7. The summed E-state index contributed by atoms with van der Waals surface area (Å²) in [5.74, 6) is 2.32. The first-order chi connectivity index (χ1) is 12.6. The average Bonchev–Trinajstić information content (AvgIpc) is 2.64. The lowest BCUT2D eigenvalue weighted by Gasteiger charge is -2.34. The van der Waals surface area contributed by atoms with Gasteiger partial charge in [-0.3, -0.25) is 4.99 Å². The van der Waals surface area contributed by atoms with Crippen LogP contribution < -0.4 is 15.4 Å². The van der Waals surface area contributed by atoms with Gasteiger partial charge in [-0.25, -0.2) is 0 Å². The molecule has 27 heavy (non-hydrogen) atoms. The molecule has 1 atom stereocenters. The first-order valence-corrected chi connectivity index (χ1v) is 9.61. The van der Waals surface area contributed by atoms with Crippen molar-refractivity contribution >= 4 is 29.9 Å². The van der Waals surface area contributed by atoms with Crippen LogP contribution in [-0.4, -0.2) is 82.3 Å². The monoisotopic (exact) mass is 489 g/mol. The van der Waals surface area contributed by atoms with Crippen LogP contribution >= 0.6 is 24.0 Å². The van der Waals surface area contributed by atoms with Gasteiger partial charge in [0.05, 0.1) is 6.54 Å². The summed E-state index contributed by atoms with van der Waals surface area (Å²) < 4.78 is 5.73. The summed E-state index contributed by atoms with van der Waals surface area (Å²) in [7, 11) is 4.00. The lowest BCUT2D eigenvalue weighted by molar-refractivity contribution is 0.139. The van der Waals surface area contributed by atoms with E-state index in [0.29, 0.717) is 12.5 Å². The van der Waals surface area contributed by atoms with E-state index in [4.69, 9.17) is 4.74 Å². The topological polar surface area (TPSA) is 52.1 Å². The molecule has 0 aromatic heterocycles. The van der Waals surface area contributed by atoms with Gasteiger partial charge >= 0.3 is 0 Å². The molecule has 2 rings (SSSR count). The number of nitrogens with zero attached hydrogens (tertiary/aromatic N) is 3. The van der Waals surface area contributed by atoms with Crippen LogP contribution in [0.3, 0.4) is 0 Å².